The minimum Gasteiger partial charge on any atom is -0.355 e. The number of amides is 1. The highest BCUT2D eigenvalue weighted by molar-refractivity contribution is 7.90. The maximum Gasteiger partial charge on any atom is 0.301 e. The fourth-order valence-electron chi connectivity index (χ4n) is 2.36. The van der Waals surface area contributed by atoms with Gasteiger partial charge in [-0.2, -0.15) is 12.7 Å². The smallest absolute Gasteiger partial charge is 0.301 e. The number of piperidine rings is 1. The fraction of sp³-hybridized carbons (Fsp3) is 0.500. The van der Waals surface area contributed by atoms with Crippen molar-refractivity contribution in [2.24, 2.45) is 5.92 Å². The second-order valence-electron chi connectivity index (χ2n) is 5.46. The van der Waals surface area contributed by atoms with E-state index in [2.05, 4.69) is 17.0 Å². The molecule has 22 heavy (non-hydrogen) atoms. The van der Waals surface area contributed by atoms with Crippen molar-refractivity contribution in [1.82, 2.24) is 9.62 Å². The summed E-state index contributed by atoms with van der Waals surface area (Å²) in [6.45, 7) is 3.08. The second-order valence-corrected chi connectivity index (χ2v) is 7.56. The van der Waals surface area contributed by atoms with Gasteiger partial charge in [0.15, 0.2) is 0 Å². The van der Waals surface area contributed by atoms with Crippen molar-refractivity contribution in [3.05, 3.63) is 28.8 Å². The Hall–Kier alpha value is -1.31. The quantitative estimate of drug-likeness (QED) is 0.877. The molecule has 1 heterocycles. The highest BCUT2D eigenvalue weighted by Crippen LogP contribution is 2.24. The molecule has 122 valence electrons. The van der Waals surface area contributed by atoms with Crippen molar-refractivity contribution in [3.63, 3.8) is 0 Å². The number of halogens is 1. The summed E-state index contributed by atoms with van der Waals surface area (Å²) in [6, 6.07) is 4.48. The van der Waals surface area contributed by atoms with Gasteiger partial charge in [0.1, 0.15) is 0 Å². The monoisotopic (exact) mass is 345 g/mol. The van der Waals surface area contributed by atoms with Gasteiger partial charge in [-0.25, -0.2) is 0 Å². The first-order chi connectivity index (χ1) is 10.3. The molecule has 2 rings (SSSR count). The molecule has 1 aliphatic heterocycles. The summed E-state index contributed by atoms with van der Waals surface area (Å²) in [7, 11) is -2.20. The van der Waals surface area contributed by atoms with E-state index in [0.29, 0.717) is 24.0 Å². The molecule has 2 N–H and O–H groups in total. The Morgan fingerprint density at radius 1 is 1.32 bits per heavy atom. The zero-order valence-electron chi connectivity index (χ0n) is 12.6. The molecule has 1 saturated heterocycles. The van der Waals surface area contributed by atoms with E-state index >= 15 is 0 Å². The maximum atomic E-state index is 12.5. The lowest BCUT2D eigenvalue weighted by atomic mass is 10.0. The summed E-state index contributed by atoms with van der Waals surface area (Å²) in [5, 5.41) is 2.84. The van der Waals surface area contributed by atoms with Crippen LogP contribution in [0, 0.1) is 5.92 Å². The van der Waals surface area contributed by atoms with Gasteiger partial charge >= 0.3 is 10.2 Å². The third-order valence-corrected chi connectivity index (χ3v) is 5.53. The Labute approximate surface area is 136 Å². The number of hydrogen-bond donors (Lipinski definition) is 2. The normalized spacial score (nSPS) is 17.2. The molecule has 0 aromatic heterocycles. The third-order valence-electron chi connectivity index (χ3n) is 3.77. The van der Waals surface area contributed by atoms with Crippen molar-refractivity contribution in [2.45, 2.75) is 19.8 Å². The van der Waals surface area contributed by atoms with E-state index in [-0.39, 0.29) is 11.3 Å². The topological polar surface area (TPSA) is 78.5 Å². The number of benzene rings is 1. The Balaban J connectivity index is 2.24. The molecule has 1 aromatic carbocycles. The number of nitrogens with one attached hydrogen (secondary N) is 2. The van der Waals surface area contributed by atoms with Gasteiger partial charge in [-0.15, -0.1) is 0 Å². The van der Waals surface area contributed by atoms with Crippen LogP contribution in [0.2, 0.25) is 5.02 Å². The standard InChI is InChI=1S/C14H20ClN3O3S/c1-10-5-7-18(8-6-10)22(20,21)17-13-4-3-11(15)9-12(13)14(19)16-2/h3-4,9-10,17H,5-8H2,1-2H3,(H,16,19). The summed E-state index contributed by atoms with van der Waals surface area (Å²) in [5.41, 5.74) is 0.423. The summed E-state index contributed by atoms with van der Waals surface area (Å²) in [6.07, 6.45) is 1.67. The van der Waals surface area contributed by atoms with E-state index in [0.717, 1.165) is 12.8 Å². The molecular formula is C14H20ClN3O3S. The van der Waals surface area contributed by atoms with Gasteiger partial charge in [0.05, 0.1) is 11.3 Å². The van der Waals surface area contributed by atoms with Crippen LogP contribution in [0.15, 0.2) is 18.2 Å². The molecule has 6 nitrogen and oxygen atoms in total. The molecule has 1 amide bonds. The molecule has 1 fully saturated rings. The molecular weight excluding hydrogens is 326 g/mol. The first kappa shape index (κ1) is 17.1. The van der Waals surface area contributed by atoms with Gasteiger partial charge in [-0.05, 0) is 37.0 Å². The van der Waals surface area contributed by atoms with Crippen LogP contribution >= 0.6 is 11.6 Å². The fourth-order valence-corrected chi connectivity index (χ4v) is 3.81. The number of carbonyl (C=O) groups excluding carboxylic acids is 1. The Morgan fingerprint density at radius 3 is 2.55 bits per heavy atom. The van der Waals surface area contributed by atoms with E-state index in [1.807, 2.05) is 0 Å². The zero-order chi connectivity index (χ0) is 16.3. The summed E-state index contributed by atoms with van der Waals surface area (Å²) in [4.78, 5) is 11.9. The molecule has 1 aliphatic rings. The molecule has 0 radical (unpaired) electrons. The molecule has 0 atom stereocenters. The largest absolute Gasteiger partial charge is 0.355 e. The zero-order valence-corrected chi connectivity index (χ0v) is 14.2. The molecule has 0 unspecified atom stereocenters. The van der Waals surface area contributed by atoms with Gasteiger partial charge in [-0.1, -0.05) is 18.5 Å². The number of anilines is 1. The predicted molar refractivity (Wildman–Crippen MR) is 87.4 cm³/mol. The van der Waals surface area contributed by atoms with Crippen molar-refractivity contribution < 1.29 is 13.2 Å². The van der Waals surface area contributed by atoms with E-state index < -0.39 is 16.1 Å². The average molecular weight is 346 g/mol. The molecule has 0 bridgehead atoms. The van der Waals surface area contributed by atoms with E-state index in [4.69, 9.17) is 11.6 Å². The van der Waals surface area contributed by atoms with Crippen LogP contribution in [0.1, 0.15) is 30.1 Å². The van der Waals surface area contributed by atoms with Crippen LogP contribution in [0.25, 0.3) is 0 Å². The summed E-state index contributed by atoms with van der Waals surface area (Å²) < 4.78 is 28.8. The van der Waals surface area contributed by atoms with E-state index in [9.17, 15) is 13.2 Å². The minimum atomic E-state index is -3.68. The lowest BCUT2D eigenvalue weighted by Gasteiger charge is -2.29. The van der Waals surface area contributed by atoms with Gasteiger partial charge in [-0.3, -0.25) is 9.52 Å². The van der Waals surface area contributed by atoms with Gasteiger partial charge in [0, 0.05) is 25.2 Å². The van der Waals surface area contributed by atoms with Crippen molar-refractivity contribution in [2.75, 3.05) is 24.9 Å². The Morgan fingerprint density at radius 2 is 1.95 bits per heavy atom. The third kappa shape index (κ3) is 3.91. The highest BCUT2D eigenvalue weighted by atomic mass is 35.5. The summed E-state index contributed by atoms with van der Waals surface area (Å²) in [5.74, 6) is 0.135. The van der Waals surface area contributed by atoms with Crippen molar-refractivity contribution in [1.29, 1.82) is 0 Å². The van der Waals surface area contributed by atoms with Crippen LogP contribution in [-0.4, -0.2) is 38.8 Å². The van der Waals surface area contributed by atoms with Crippen LogP contribution in [-0.2, 0) is 10.2 Å². The predicted octanol–water partition coefficient (Wildman–Crippen LogP) is 2.09. The SMILES string of the molecule is CNC(=O)c1cc(Cl)ccc1NS(=O)(=O)N1CCC(C)CC1. The van der Waals surface area contributed by atoms with E-state index in [1.54, 1.807) is 6.07 Å². The first-order valence-electron chi connectivity index (χ1n) is 7.13. The number of carbonyl (C=O) groups is 1. The average Bonchev–Trinajstić information content (AvgIpc) is 2.48. The highest BCUT2D eigenvalue weighted by Gasteiger charge is 2.27. The Bertz CT molecular complexity index is 655. The van der Waals surface area contributed by atoms with Crippen molar-refractivity contribution in [3.8, 4) is 0 Å². The van der Waals surface area contributed by atoms with Crippen LogP contribution in [0.5, 0.6) is 0 Å². The lowest BCUT2D eigenvalue weighted by Crippen LogP contribution is -2.41. The van der Waals surface area contributed by atoms with Crippen molar-refractivity contribution >= 4 is 33.4 Å². The number of rotatable bonds is 4. The van der Waals surface area contributed by atoms with Crippen LogP contribution < -0.4 is 10.0 Å². The van der Waals surface area contributed by atoms with Gasteiger partial charge in [0.2, 0.25) is 0 Å². The number of hydrogen-bond acceptors (Lipinski definition) is 3. The van der Waals surface area contributed by atoms with Gasteiger partial charge < -0.3 is 5.32 Å². The van der Waals surface area contributed by atoms with Gasteiger partial charge in [0.25, 0.3) is 5.91 Å². The lowest BCUT2D eigenvalue weighted by molar-refractivity contribution is 0.0964. The molecule has 8 heteroatoms. The van der Waals surface area contributed by atoms with Crippen LogP contribution in [0.3, 0.4) is 0 Å². The maximum absolute atomic E-state index is 12.5. The molecule has 1 aromatic rings. The Kier molecular flexibility index (Phi) is 5.31. The minimum absolute atomic E-state index is 0.198. The molecule has 0 saturated carbocycles. The molecule has 0 spiro atoms. The van der Waals surface area contributed by atoms with Crippen LogP contribution in [0.4, 0.5) is 5.69 Å². The molecule has 0 aliphatic carbocycles. The van der Waals surface area contributed by atoms with E-state index in [1.165, 1.54) is 23.5 Å². The summed E-state index contributed by atoms with van der Waals surface area (Å²) >= 11 is 5.89. The number of nitrogens with zero attached hydrogens (tertiary/aromatic N) is 1. The second kappa shape index (κ2) is 6.85. The first-order valence-corrected chi connectivity index (χ1v) is 8.95.